The molecule has 0 bridgehead atoms. The number of aromatic nitrogens is 1. The van der Waals surface area contributed by atoms with Gasteiger partial charge in [-0.1, -0.05) is 30.3 Å². The molecule has 0 unspecified atom stereocenters. The molecule has 0 radical (unpaired) electrons. The zero-order chi connectivity index (χ0) is 16.1. The van der Waals surface area contributed by atoms with Gasteiger partial charge in [-0.15, -0.1) is 0 Å². The summed E-state index contributed by atoms with van der Waals surface area (Å²) in [5.41, 5.74) is 1.88. The number of aromatic carboxylic acids is 1. The molecular weight excluding hydrogens is 284 g/mol. The number of nitrogens with zero attached hydrogens (tertiary/aromatic N) is 1. The van der Waals surface area contributed by atoms with Crippen molar-refractivity contribution in [2.24, 2.45) is 0 Å². The van der Waals surface area contributed by atoms with E-state index in [4.69, 9.17) is 9.84 Å². The molecule has 0 saturated carbocycles. The zero-order valence-corrected chi connectivity index (χ0v) is 12.3. The number of aryl methyl sites for hydroxylation is 2. The number of benzene rings is 1. The minimum absolute atomic E-state index is 0.142. The van der Waals surface area contributed by atoms with Crippen molar-refractivity contribution in [2.75, 3.05) is 5.32 Å². The van der Waals surface area contributed by atoms with E-state index in [1.54, 1.807) is 13.8 Å². The van der Waals surface area contributed by atoms with E-state index in [9.17, 15) is 9.59 Å². The van der Waals surface area contributed by atoms with Crippen LogP contribution in [0.1, 0.15) is 27.2 Å². The fourth-order valence-corrected chi connectivity index (χ4v) is 2.08. The first-order valence-corrected chi connectivity index (χ1v) is 6.66. The number of pyridine rings is 1. The second-order valence-corrected chi connectivity index (χ2v) is 4.78. The third-order valence-corrected chi connectivity index (χ3v) is 3.05. The number of carboxylic acids is 1. The van der Waals surface area contributed by atoms with Gasteiger partial charge >= 0.3 is 12.1 Å². The first kappa shape index (κ1) is 15.5. The summed E-state index contributed by atoms with van der Waals surface area (Å²) in [5.74, 6) is -0.779. The van der Waals surface area contributed by atoms with Gasteiger partial charge in [-0.25, -0.2) is 14.6 Å². The highest BCUT2D eigenvalue weighted by Gasteiger charge is 2.14. The molecular formula is C16H16N2O4. The predicted molar refractivity (Wildman–Crippen MR) is 80.9 cm³/mol. The Morgan fingerprint density at radius 1 is 1.23 bits per heavy atom. The third-order valence-electron chi connectivity index (χ3n) is 3.05. The quantitative estimate of drug-likeness (QED) is 0.905. The fraction of sp³-hybridized carbons (Fsp3) is 0.188. The highest BCUT2D eigenvalue weighted by atomic mass is 16.5. The zero-order valence-electron chi connectivity index (χ0n) is 12.3. The van der Waals surface area contributed by atoms with Gasteiger partial charge in [0.05, 0.1) is 11.3 Å². The molecule has 0 spiro atoms. The van der Waals surface area contributed by atoms with Gasteiger partial charge in [0.2, 0.25) is 0 Å². The van der Waals surface area contributed by atoms with Crippen LogP contribution in [0.2, 0.25) is 0 Å². The minimum Gasteiger partial charge on any atom is -0.478 e. The van der Waals surface area contributed by atoms with Crippen LogP contribution >= 0.6 is 0 Å². The molecule has 2 aromatic rings. The van der Waals surface area contributed by atoms with Gasteiger partial charge in [-0.05, 0) is 31.0 Å². The van der Waals surface area contributed by atoms with Crippen LogP contribution in [0.5, 0.6) is 0 Å². The molecule has 1 amide bonds. The van der Waals surface area contributed by atoms with Crippen molar-refractivity contribution in [3.05, 3.63) is 58.8 Å². The highest BCUT2D eigenvalue weighted by Crippen LogP contribution is 2.16. The lowest BCUT2D eigenvalue weighted by Crippen LogP contribution is -2.16. The molecule has 2 N–H and O–H groups in total. The molecule has 0 aliphatic rings. The molecule has 6 nitrogen and oxygen atoms in total. The van der Waals surface area contributed by atoms with E-state index in [1.165, 1.54) is 6.07 Å². The Morgan fingerprint density at radius 3 is 2.50 bits per heavy atom. The molecule has 114 valence electrons. The van der Waals surface area contributed by atoms with Gasteiger partial charge in [0.25, 0.3) is 0 Å². The summed E-state index contributed by atoms with van der Waals surface area (Å²) >= 11 is 0. The van der Waals surface area contributed by atoms with Gasteiger partial charge in [-0.2, -0.15) is 0 Å². The number of hydrogen-bond donors (Lipinski definition) is 2. The fourth-order valence-electron chi connectivity index (χ4n) is 2.08. The standard InChI is InChI=1S/C16H16N2O4/c1-10-8-13(17-11(2)14(10)15(19)20)18-16(21)22-9-12-6-4-3-5-7-12/h3-8H,9H2,1-2H3,(H,19,20)(H,17,18,21). The summed E-state index contributed by atoms with van der Waals surface area (Å²) in [7, 11) is 0. The largest absolute Gasteiger partial charge is 0.478 e. The summed E-state index contributed by atoms with van der Waals surface area (Å²) in [5, 5.41) is 11.6. The minimum atomic E-state index is -1.04. The van der Waals surface area contributed by atoms with Gasteiger partial charge in [0, 0.05) is 0 Å². The average Bonchev–Trinajstić information content (AvgIpc) is 2.45. The smallest absolute Gasteiger partial charge is 0.413 e. The van der Waals surface area contributed by atoms with E-state index in [1.807, 2.05) is 30.3 Å². The van der Waals surface area contributed by atoms with Crippen molar-refractivity contribution in [1.29, 1.82) is 0 Å². The van der Waals surface area contributed by atoms with Crippen molar-refractivity contribution in [3.63, 3.8) is 0 Å². The van der Waals surface area contributed by atoms with E-state index in [0.717, 1.165) is 5.56 Å². The maximum atomic E-state index is 11.7. The first-order chi connectivity index (χ1) is 10.5. The van der Waals surface area contributed by atoms with Crippen LogP contribution in [-0.2, 0) is 11.3 Å². The van der Waals surface area contributed by atoms with Crippen LogP contribution in [0.15, 0.2) is 36.4 Å². The molecule has 2 rings (SSSR count). The number of carbonyl (C=O) groups excluding carboxylic acids is 1. The number of carbonyl (C=O) groups is 2. The molecule has 0 fully saturated rings. The Morgan fingerprint density at radius 2 is 1.91 bits per heavy atom. The number of nitrogens with one attached hydrogen (secondary N) is 1. The Labute approximate surface area is 127 Å². The SMILES string of the molecule is Cc1cc(NC(=O)OCc2ccccc2)nc(C)c1C(=O)O. The number of rotatable bonds is 4. The van der Waals surface area contributed by atoms with Gasteiger partial charge in [0.1, 0.15) is 12.4 Å². The summed E-state index contributed by atoms with van der Waals surface area (Å²) in [6.45, 7) is 3.38. The van der Waals surface area contributed by atoms with E-state index in [0.29, 0.717) is 11.3 Å². The molecule has 0 atom stereocenters. The lowest BCUT2D eigenvalue weighted by atomic mass is 10.1. The van der Waals surface area contributed by atoms with Crippen LogP contribution in [0.25, 0.3) is 0 Å². The lowest BCUT2D eigenvalue weighted by Gasteiger charge is -2.10. The van der Waals surface area contributed by atoms with Gasteiger partial charge < -0.3 is 9.84 Å². The number of anilines is 1. The molecule has 1 aromatic carbocycles. The van der Waals surface area contributed by atoms with E-state index < -0.39 is 12.1 Å². The number of ether oxygens (including phenoxy) is 1. The molecule has 0 aliphatic heterocycles. The van der Waals surface area contributed by atoms with Crippen molar-refractivity contribution in [3.8, 4) is 0 Å². The van der Waals surface area contributed by atoms with Crippen LogP contribution in [0.4, 0.5) is 10.6 Å². The predicted octanol–water partition coefficient (Wildman–Crippen LogP) is 3.15. The van der Waals surface area contributed by atoms with Gasteiger partial charge in [0.15, 0.2) is 0 Å². The Kier molecular flexibility index (Phi) is 4.73. The first-order valence-electron chi connectivity index (χ1n) is 6.66. The molecule has 0 saturated heterocycles. The summed E-state index contributed by atoms with van der Waals surface area (Å²) < 4.78 is 5.08. The summed E-state index contributed by atoms with van der Waals surface area (Å²) in [6, 6.07) is 10.8. The van der Waals surface area contributed by atoms with Crippen LogP contribution in [0.3, 0.4) is 0 Å². The maximum absolute atomic E-state index is 11.7. The molecule has 0 aliphatic carbocycles. The van der Waals surface area contributed by atoms with Gasteiger partial charge in [-0.3, -0.25) is 5.32 Å². The highest BCUT2D eigenvalue weighted by molar-refractivity contribution is 5.91. The number of hydrogen-bond acceptors (Lipinski definition) is 4. The van der Waals surface area contributed by atoms with E-state index in [2.05, 4.69) is 10.3 Å². The Hall–Kier alpha value is -2.89. The molecule has 1 heterocycles. The van der Waals surface area contributed by atoms with E-state index in [-0.39, 0.29) is 18.0 Å². The van der Waals surface area contributed by atoms with E-state index >= 15 is 0 Å². The third kappa shape index (κ3) is 3.82. The van der Waals surface area contributed by atoms with Crippen molar-refractivity contribution in [2.45, 2.75) is 20.5 Å². The maximum Gasteiger partial charge on any atom is 0.413 e. The second kappa shape index (κ2) is 6.71. The summed E-state index contributed by atoms with van der Waals surface area (Å²) in [6.07, 6.45) is -0.641. The Bertz CT molecular complexity index is 676. The van der Waals surface area contributed by atoms with Crippen molar-refractivity contribution >= 4 is 17.9 Å². The summed E-state index contributed by atoms with van der Waals surface area (Å²) in [4.78, 5) is 26.9. The second-order valence-electron chi connectivity index (χ2n) is 4.78. The molecule has 22 heavy (non-hydrogen) atoms. The Balaban J connectivity index is 2.01. The number of carboxylic acid groups (broad SMARTS) is 1. The van der Waals surface area contributed by atoms with Crippen LogP contribution < -0.4 is 5.32 Å². The van der Waals surface area contributed by atoms with Crippen molar-refractivity contribution in [1.82, 2.24) is 4.98 Å². The number of amides is 1. The van der Waals surface area contributed by atoms with Crippen molar-refractivity contribution < 1.29 is 19.4 Å². The molecule has 6 heteroatoms. The van der Waals surface area contributed by atoms with Crippen LogP contribution in [-0.4, -0.2) is 22.2 Å². The van der Waals surface area contributed by atoms with Crippen LogP contribution in [0, 0.1) is 13.8 Å². The normalized spacial score (nSPS) is 10.1. The lowest BCUT2D eigenvalue weighted by molar-refractivity contribution is 0.0695. The molecule has 1 aromatic heterocycles. The topological polar surface area (TPSA) is 88.5 Å². The monoisotopic (exact) mass is 300 g/mol. The average molecular weight is 300 g/mol.